The summed E-state index contributed by atoms with van der Waals surface area (Å²) in [5.74, 6) is -3.45. The summed E-state index contributed by atoms with van der Waals surface area (Å²) in [5, 5.41) is 9.57. The number of benzene rings is 2. The first-order valence-corrected chi connectivity index (χ1v) is 11.1. The summed E-state index contributed by atoms with van der Waals surface area (Å²) in [6.07, 6.45) is -15.9. The molecule has 2 aromatic rings. The van der Waals surface area contributed by atoms with Crippen LogP contribution in [0.4, 0.5) is 26.3 Å². The van der Waals surface area contributed by atoms with Gasteiger partial charge in [0.2, 0.25) is 6.10 Å². The van der Waals surface area contributed by atoms with E-state index in [1.807, 2.05) is 6.07 Å². The van der Waals surface area contributed by atoms with Gasteiger partial charge in [-0.3, -0.25) is 4.79 Å². The summed E-state index contributed by atoms with van der Waals surface area (Å²) in [4.78, 5) is 24.4. The fraction of sp³-hybridized carbons (Fsp3) is 0.346. The molecule has 1 aliphatic carbocycles. The van der Waals surface area contributed by atoms with Crippen molar-refractivity contribution in [3.8, 4) is 17.6 Å². The number of allylic oxidation sites excluding steroid dienone is 1. The lowest BCUT2D eigenvalue weighted by Crippen LogP contribution is -2.45. The van der Waals surface area contributed by atoms with Gasteiger partial charge in [-0.05, 0) is 35.6 Å². The highest BCUT2D eigenvalue weighted by Gasteiger charge is 2.62. The van der Waals surface area contributed by atoms with Crippen molar-refractivity contribution in [2.24, 2.45) is 17.3 Å². The molecule has 1 aliphatic rings. The Morgan fingerprint density at radius 3 is 2.13 bits per heavy atom. The van der Waals surface area contributed by atoms with E-state index in [9.17, 15) is 41.2 Å². The van der Waals surface area contributed by atoms with Crippen LogP contribution in [0.15, 0.2) is 66.7 Å². The van der Waals surface area contributed by atoms with Crippen LogP contribution in [0.5, 0.6) is 11.5 Å². The van der Waals surface area contributed by atoms with E-state index in [2.05, 4.69) is 4.74 Å². The Bertz CT molecular complexity index is 1220. The highest BCUT2D eigenvalue weighted by Crippen LogP contribution is 2.59. The van der Waals surface area contributed by atoms with Crippen molar-refractivity contribution in [2.45, 2.75) is 38.4 Å². The molecular formula is C26H21F6NO5. The summed E-state index contributed by atoms with van der Waals surface area (Å²) < 4.78 is 90.2. The van der Waals surface area contributed by atoms with Crippen LogP contribution < -0.4 is 4.74 Å². The van der Waals surface area contributed by atoms with Gasteiger partial charge in [0.1, 0.15) is 17.6 Å². The van der Waals surface area contributed by atoms with Gasteiger partial charge in [0, 0.05) is 11.6 Å². The SMILES string of the molecule is CC1(C)C(/C=C\C(=O)OC(C(F)(F)F)C(F)(F)F)C1C(=O)O[C@H](C#N)c1cccc(Oc2ccccc2)c1. The average molecular weight is 541 g/mol. The van der Waals surface area contributed by atoms with Crippen LogP contribution in [-0.4, -0.2) is 30.4 Å². The molecule has 2 unspecified atom stereocenters. The number of rotatable bonds is 8. The Labute approximate surface area is 213 Å². The van der Waals surface area contributed by atoms with Gasteiger partial charge in [0.15, 0.2) is 0 Å². The zero-order chi connectivity index (χ0) is 28.3. The molecule has 0 radical (unpaired) electrons. The molecule has 1 saturated carbocycles. The minimum atomic E-state index is -5.84. The van der Waals surface area contributed by atoms with Crippen LogP contribution >= 0.6 is 0 Å². The van der Waals surface area contributed by atoms with Gasteiger partial charge in [-0.2, -0.15) is 31.6 Å². The summed E-state index contributed by atoms with van der Waals surface area (Å²) >= 11 is 0. The Balaban J connectivity index is 1.65. The molecule has 0 heterocycles. The lowest BCUT2D eigenvalue weighted by molar-refractivity contribution is -0.312. The smallest absolute Gasteiger partial charge is 0.434 e. The normalized spacial score (nSPS) is 19.5. The van der Waals surface area contributed by atoms with Gasteiger partial charge in [-0.1, -0.05) is 50.3 Å². The van der Waals surface area contributed by atoms with E-state index in [1.54, 1.807) is 62.4 Å². The highest BCUT2D eigenvalue weighted by atomic mass is 19.4. The molecule has 38 heavy (non-hydrogen) atoms. The lowest BCUT2D eigenvalue weighted by Gasteiger charge is -2.22. The molecule has 6 nitrogen and oxygen atoms in total. The number of hydrogen-bond donors (Lipinski definition) is 0. The summed E-state index contributed by atoms with van der Waals surface area (Å²) in [6.45, 7) is 3.17. The second-order valence-electron chi connectivity index (χ2n) is 9.02. The van der Waals surface area contributed by atoms with Gasteiger partial charge in [0.05, 0.1) is 5.92 Å². The monoisotopic (exact) mass is 541 g/mol. The van der Waals surface area contributed by atoms with Gasteiger partial charge in [0.25, 0.3) is 6.10 Å². The average Bonchev–Trinajstić information content (AvgIpc) is 3.39. The van der Waals surface area contributed by atoms with Crippen LogP contribution in [0.1, 0.15) is 25.5 Å². The number of halogens is 6. The first-order chi connectivity index (χ1) is 17.6. The number of para-hydroxylation sites is 1. The molecular weight excluding hydrogens is 520 g/mol. The molecule has 0 aromatic heterocycles. The van der Waals surface area contributed by atoms with Crippen LogP contribution in [0.3, 0.4) is 0 Å². The molecule has 0 bridgehead atoms. The molecule has 0 amide bonds. The molecule has 0 N–H and O–H groups in total. The van der Waals surface area contributed by atoms with Crippen LogP contribution in [0.25, 0.3) is 0 Å². The van der Waals surface area contributed by atoms with E-state index < -0.39 is 53.7 Å². The minimum absolute atomic E-state index is 0.314. The maximum absolute atomic E-state index is 12.8. The third-order valence-corrected chi connectivity index (χ3v) is 5.92. The number of alkyl halides is 6. The van der Waals surface area contributed by atoms with Crippen molar-refractivity contribution in [1.82, 2.24) is 0 Å². The number of carbonyl (C=O) groups excluding carboxylic acids is 2. The van der Waals surface area contributed by atoms with Gasteiger partial charge in [-0.15, -0.1) is 0 Å². The van der Waals surface area contributed by atoms with Gasteiger partial charge >= 0.3 is 24.3 Å². The largest absolute Gasteiger partial charge is 0.457 e. The Hall–Kier alpha value is -4.01. The Morgan fingerprint density at radius 2 is 1.55 bits per heavy atom. The standard InChI is InChI=1S/C26H21F6NO5/c1-24(2)18(11-12-20(34)38-23(25(27,28)29)26(30,31)32)21(24)22(35)37-19(14-33)15-7-6-10-17(13-15)36-16-8-4-3-5-9-16/h3-13,18-19,21,23H,1-2H3/b12-11-/t18?,19-,21?/m1/s1. The second-order valence-corrected chi connectivity index (χ2v) is 9.02. The van der Waals surface area contributed by atoms with E-state index in [4.69, 9.17) is 9.47 Å². The van der Waals surface area contributed by atoms with Crippen molar-refractivity contribution >= 4 is 11.9 Å². The van der Waals surface area contributed by atoms with E-state index in [0.29, 0.717) is 23.1 Å². The minimum Gasteiger partial charge on any atom is -0.457 e. The predicted octanol–water partition coefficient (Wildman–Crippen LogP) is 6.45. The van der Waals surface area contributed by atoms with Gasteiger partial charge < -0.3 is 14.2 Å². The van der Waals surface area contributed by atoms with Crippen LogP contribution in [0, 0.1) is 28.6 Å². The molecule has 2 aromatic carbocycles. The van der Waals surface area contributed by atoms with Crippen molar-refractivity contribution in [3.63, 3.8) is 0 Å². The fourth-order valence-corrected chi connectivity index (χ4v) is 3.87. The number of nitrogens with zero attached hydrogens (tertiary/aromatic N) is 1. The molecule has 0 saturated heterocycles. The van der Waals surface area contributed by atoms with Crippen LogP contribution in [-0.2, 0) is 19.1 Å². The maximum atomic E-state index is 12.8. The lowest BCUT2D eigenvalue weighted by atomic mass is 10.1. The van der Waals surface area contributed by atoms with E-state index in [1.165, 1.54) is 6.07 Å². The number of nitriles is 1. The van der Waals surface area contributed by atoms with E-state index in [0.717, 1.165) is 6.08 Å². The van der Waals surface area contributed by atoms with E-state index in [-0.39, 0.29) is 0 Å². The number of carbonyl (C=O) groups is 2. The number of esters is 2. The predicted molar refractivity (Wildman–Crippen MR) is 119 cm³/mol. The molecule has 202 valence electrons. The third kappa shape index (κ3) is 6.85. The Kier molecular flexibility index (Phi) is 8.09. The zero-order valence-corrected chi connectivity index (χ0v) is 19.9. The summed E-state index contributed by atoms with van der Waals surface area (Å²) in [5.41, 5.74) is -0.534. The third-order valence-electron chi connectivity index (χ3n) is 5.92. The Morgan fingerprint density at radius 1 is 0.947 bits per heavy atom. The summed E-state index contributed by atoms with van der Waals surface area (Å²) in [6, 6.07) is 16.9. The summed E-state index contributed by atoms with van der Waals surface area (Å²) in [7, 11) is 0. The maximum Gasteiger partial charge on any atom is 0.434 e. The molecule has 12 heteroatoms. The molecule has 0 aliphatic heterocycles. The highest BCUT2D eigenvalue weighted by molar-refractivity contribution is 5.83. The fourth-order valence-electron chi connectivity index (χ4n) is 3.87. The topological polar surface area (TPSA) is 85.6 Å². The van der Waals surface area contributed by atoms with Crippen LogP contribution in [0.2, 0.25) is 0 Å². The van der Waals surface area contributed by atoms with E-state index >= 15 is 0 Å². The van der Waals surface area contributed by atoms with Crippen molar-refractivity contribution in [2.75, 3.05) is 0 Å². The molecule has 1 fully saturated rings. The number of ether oxygens (including phenoxy) is 3. The van der Waals surface area contributed by atoms with Crippen molar-refractivity contribution < 1.29 is 50.1 Å². The first kappa shape index (κ1) is 28.6. The number of hydrogen-bond acceptors (Lipinski definition) is 6. The zero-order valence-electron chi connectivity index (χ0n) is 19.9. The molecule has 0 spiro atoms. The molecule has 3 atom stereocenters. The van der Waals surface area contributed by atoms with Crippen molar-refractivity contribution in [1.29, 1.82) is 5.26 Å². The van der Waals surface area contributed by atoms with Gasteiger partial charge in [-0.25, -0.2) is 4.79 Å². The quantitative estimate of drug-likeness (QED) is 0.217. The molecule has 3 rings (SSSR count). The van der Waals surface area contributed by atoms with Crippen molar-refractivity contribution in [3.05, 3.63) is 72.3 Å². The first-order valence-electron chi connectivity index (χ1n) is 11.1. The second kappa shape index (κ2) is 10.8.